The zero-order valence-corrected chi connectivity index (χ0v) is 11.3. The summed E-state index contributed by atoms with van der Waals surface area (Å²) in [7, 11) is 0. The molecule has 0 aliphatic carbocycles. The van der Waals surface area contributed by atoms with E-state index in [2.05, 4.69) is 41.3 Å². The minimum atomic E-state index is 0.478. The highest BCUT2D eigenvalue weighted by molar-refractivity contribution is 5.79. The molecule has 0 aromatic carbocycles. The third-order valence-electron chi connectivity index (χ3n) is 2.87. The van der Waals surface area contributed by atoms with Crippen LogP contribution in [0.1, 0.15) is 20.8 Å². The van der Waals surface area contributed by atoms with E-state index in [9.17, 15) is 0 Å². The number of guanidine groups is 1. The molecule has 1 atom stereocenters. The largest absolute Gasteiger partial charge is 0.379 e. The van der Waals surface area contributed by atoms with E-state index in [0.29, 0.717) is 6.04 Å². The van der Waals surface area contributed by atoms with Gasteiger partial charge < -0.3 is 15.4 Å². The maximum atomic E-state index is 5.35. The lowest BCUT2D eigenvalue weighted by Crippen LogP contribution is -2.44. The molecule has 100 valence electrons. The minimum Gasteiger partial charge on any atom is -0.379 e. The highest BCUT2D eigenvalue weighted by Gasteiger charge is 2.16. The van der Waals surface area contributed by atoms with Crippen molar-refractivity contribution in [2.75, 3.05) is 45.9 Å². The van der Waals surface area contributed by atoms with Crippen molar-refractivity contribution < 1.29 is 4.74 Å². The number of hydrogen-bond acceptors (Lipinski definition) is 3. The summed E-state index contributed by atoms with van der Waals surface area (Å²) in [5.74, 6) is 0.912. The van der Waals surface area contributed by atoms with E-state index < -0.39 is 0 Å². The molecule has 0 radical (unpaired) electrons. The Labute approximate surface area is 105 Å². The summed E-state index contributed by atoms with van der Waals surface area (Å²) in [6.07, 6.45) is 0. The Kier molecular flexibility index (Phi) is 6.96. The lowest BCUT2D eigenvalue weighted by molar-refractivity contribution is 0.0220. The van der Waals surface area contributed by atoms with Crippen LogP contribution in [0.2, 0.25) is 0 Å². The molecule has 0 spiro atoms. The van der Waals surface area contributed by atoms with Gasteiger partial charge in [-0.1, -0.05) is 0 Å². The third kappa shape index (κ3) is 5.37. The quantitative estimate of drug-likeness (QED) is 0.537. The molecule has 0 aromatic rings. The summed E-state index contributed by atoms with van der Waals surface area (Å²) >= 11 is 0. The van der Waals surface area contributed by atoms with Crippen LogP contribution in [0.25, 0.3) is 0 Å². The van der Waals surface area contributed by atoms with Gasteiger partial charge in [-0.15, -0.1) is 0 Å². The first-order valence-corrected chi connectivity index (χ1v) is 6.61. The number of nitrogens with zero attached hydrogens (tertiary/aromatic N) is 2. The molecule has 1 rings (SSSR count). The summed E-state index contributed by atoms with van der Waals surface area (Å²) in [5, 5.41) is 6.47. The summed E-state index contributed by atoms with van der Waals surface area (Å²) in [6.45, 7) is 12.8. The van der Waals surface area contributed by atoms with Gasteiger partial charge in [-0.25, -0.2) is 0 Å². The minimum absolute atomic E-state index is 0.478. The second-order valence-corrected chi connectivity index (χ2v) is 4.25. The van der Waals surface area contributed by atoms with Gasteiger partial charge in [0.15, 0.2) is 5.96 Å². The van der Waals surface area contributed by atoms with E-state index in [1.165, 1.54) is 0 Å². The Morgan fingerprint density at radius 2 is 1.82 bits per heavy atom. The van der Waals surface area contributed by atoms with Crippen LogP contribution >= 0.6 is 0 Å². The highest BCUT2D eigenvalue weighted by Crippen LogP contribution is 2.03. The van der Waals surface area contributed by atoms with E-state index in [-0.39, 0.29) is 0 Å². The van der Waals surface area contributed by atoms with E-state index in [0.717, 1.165) is 51.9 Å². The number of ether oxygens (including phenoxy) is 1. The molecule has 1 fully saturated rings. The number of nitrogens with one attached hydrogen (secondary N) is 2. The predicted molar refractivity (Wildman–Crippen MR) is 71.5 cm³/mol. The molecule has 0 saturated carbocycles. The molecule has 1 heterocycles. The first-order chi connectivity index (χ1) is 8.27. The fourth-order valence-electron chi connectivity index (χ4n) is 1.87. The summed E-state index contributed by atoms with van der Waals surface area (Å²) in [4.78, 5) is 7.02. The lowest BCUT2D eigenvalue weighted by atomic mass is 10.2. The van der Waals surface area contributed by atoms with Crippen molar-refractivity contribution in [3.63, 3.8) is 0 Å². The summed E-state index contributed by atoms with van der Waals surface area (Å²) in [5.41, 5.74) is 0. The molecular formula is C12H26N4O. The molecule has 0 amide bonds. The van der Waals surface area contributed by atoms with Crippen molar-refractivity contribution in [1.29, 1.82) is 0 Å². The first-order valence-electron chi connectivity index (χ1n) is 6.61. The molecule has 1 aliphatic rings. The predicted octanol–water partition coefficient (Wildman–Crippen LogP) is 0.282. The van der Waals surface area contributed by atoms with Gasteiger partial charge in [0.1, 0.15) is 0 Å². The average Bonchev–Trinajstić information content (AvgIpc) is 2.37. The fourth-order valence-corrected chi connectivity index (χ4v) is 1.87. The van der Waals surface area contributed by atoms with Crippen LogP contribution in [0.4, 0.5) is 0 Å². The number of aliphatic imine (C=N–C) groups is 1. The fraction of sp³-hybridized carbons (Fsp3) is 0.917. The van der Waals surface area contributed by atoms with Crippen molar-refractivity contribution in [3.05, 3.63) is 0 Å². The van der Waals surface area contributed by atoms with Crippen molar-refractivity contribution >= 4 is 5.96 Å². The molecule has 0 aromatic heterocycles. The van der Waals surface area contributed by atoms with Gasteiger partial charge >= 0.3 is 0 Å². The van der Waals surface area contributed by atoms with E-state index in [1.54, 1.807) is 0 Å². The van der Waals surface area contributed by atoms with Crippen LogP contribution in [0.15, 0.2) is 4.99 Å². The molecule has 1 unspecified atom stereocenters. The standard InChI is InChI=1S/C12H26N4O/c1-4-13-12(14-5-2)15-10-11(3)16-6-8-17-9-7-16/h11H,4-10H2,1-3H3,(H2,13,14,15). The Hall–Kier alpha value is -0.810. The molecule has 0 bridgehead atoms. The molecule has 1 aliphatic heterocycles. The Morgan fingerprint density at radius 1 is 1.24 bits per heavy atom. The van der Waals surface area contributed by atoms with Crippen LogP contribution in [0.5, 0.6) is 0 Å². The van der Waals surface area contributed by atoms with Gasteiger partial charge in [-0.05, 0) is 20.8 Å². The molecular weight excluding hydrogens is 216 g/mol. The van der Waals surface area contributed by atoms with Gasteiger partial charge in [0.05, 0.1) is 19.8 Å². The number of morpholine rings is 1. The number of hydrogen-bond donors (Lipinski definition) is 2. The van der Waals surface area contributed by atoms with Crippen molar-refractivity contribution in [1.82, 2.24) is 15.5 Å². The van der Waals surface area contributed by atoms with E-state index in [1.807, 2.05) is 0 Å². The number of rotatable bonds is 5. The van der Waals surface area contributed by atoms with Crippen LogP contribution in [0.3, 0.4) is 0 Å². The van der Waals surface area contributed by atoms with Crippen LogP contribution in [0, 0.1) is 0 Å². The van der Waals surface area contributed by atoms with Gasteiger partial charge in [0.2, 0.25) is 0 Å². The second kappa shape index (κ2) is 8.31. The van der Waals surface area contributed by atoms with Crippen molar-refractivity contribution in [2.24, 2.45) is 4.99 Å². The normalized spacial score (nSPS) is 18.5. The van der Waals surface area contributed by atoms with Crippen LogP contribution in [-0.2, 0) is 4.74 Å². The van der Waals surface area contributed by atoms with Crippen LogP contribution < -0.4 is 10.6 Å². The zero-order chi connectivity index (χ0) is 12.5. The first kappa shape index (κ1) is 14.3. The maximum Gasteiger partial charge on any atom is 0.191 e. The average molecular weight is 242 g/mol. The highest BCUT2D eigenvalue weighted by atomic mass is 16.5. The molecule has 5 nitrogen and oxygen atoms in total. The molecule has 2 N–H and O–H groups in total. The smallest absolute Gasteiger partial charge is 0.191 e. The van der Waals surface area contributed by atoms with Crippen LogP contribution in [-0.4, -0.2) is 62.8 Å². The third-order valence-corrected chi connectivity index (χ3v) is 2.87. The maximum absolute atomic E-state index is 5.35. The zero-order valence-electron chi connectivity index (χ0n) is 11.3. The van der Waals surface area contributed by atoms with Gasteiger partial charge in [-0.2, -0.15) is 0 Å². The molecule has 17 heavy (non-hydrogen) atoms. The monoisotopic (exact) mass is 242 g/mol. The van der Waals surface area contributed by atoms with Gasteiger partial charge in [-0.3, -0.25) is 9.89 Å². The van der Waals surface area contributed by atoms with Gasteiger partial charge in [0.25, 0.3) is 0 Å². The Morgan fingerprint density at radius 3 is 2.35 bits per heavy atom. The lowest BCUT2D eigenvalue weighted by Gasteiger charge is -2.31. The summed E-state index contributed by atoms with van der Waals surface area (Å²) < 4.78 is 5.35. The Bertz CT molecular complexity index is 219. The summed E-state index contributed by atoms with van der Waals surface area (Å²) in [6, 6.07) is 0.478. The molecule has 5 heteroatoms. The topological polar surface area (TPSA) is 48.9 Å². The SMILES string of the molecule is CCNC(=NCC(C)N1CCOCC1)NCC. The molecule has 1 saturated heterocycles. The van der Waals surface area contributed by atoms with Crippen molar-refractivity contribution in [2.45, 2.75) is 26.8 Å². The second-order valence-electron chi connectivity index (χ2n) is 4.25. The van der Waals surface area contributed by atoms with Gasteiger partial charge in [0, 0.05) is 32.2 Å². The van der Waals surface area contributed by atoms with Crippen molar-refractivity contribution in [3.8, 4) is 0 Å². The Balaban J connectivity index is 2.36. The van der Waals surface area contributed by atoms with E-state index >= 15 is 0 Å². The van der Waals surface area contributed by atoms with E-state index in [4.69, 9.17) is 4.74 Å².